The average molecular weight is 296 g/mol. The highest BCUT2D eigenvalue weighted by atomic mass is 16.4. The molecule has 0 heterocycles. The lowest BCUT2D eigenvalue weighted by Gasteiger charge is -2.21. The molecule has 0 aliphatic heterocycles. The summed E-state index contributed by atoms with van der Waals surface area (Å²) >= 11 is 0. The number of nitrogens with two attached hydrogens (primary N) is 1. The van der Waals surface area contributed by atoms with E-state index < -0.39 is 24.9 Å². The number of aliphatic hydroxyl groups is 4. The monoisotopic (exact) mass is 296 g/mol. The Balaban J connectivity index is 2.76. The van der Waals surface area contributed by atoms with Gasteiger partial charge in [0.15, 0.2) is 0 Å². The summed E-state index contributed by atoms with van der Waals surface area (Å²) in [5.74, 6) is 5.14. The molecule has 0 saturated heterocycles. The summed E-state index contributed by atoms with van der Waals surface area (Å²) in [7, 11) is 1.69. The molecule has 1 rings (SSSR count). The lowest BCUT2D eigenvalue weighted by molar-refractivity contribution is -0.0549. The van der Waals surface area contributed by atoms with Crippen LogP contribution in [0.15, 0.2) is 40.5 Å². The van der Waals surface area contributed by atoms with Crippen LogP contribution in [0.1, 0.15) is 0 Å². The van der Waals surface area contributed by atoms with Crippen LogP contribution in [-0.4, -0.2) is 64.3 Å². The zero-order chi connectivity index (χ0) is 15.8. The third-order valence-corrected chi connectivity index (χ3v) is 2.85. The molecule has 21 heavy (non-hydrogen) atoms. The summed E-state index contributed by atoms with van der Waals surface area (Å²) in [5.41, 5.74) is 0.674. The third-order valence-electron chi connectivity index (χ3n) is 2.85. The van der Waals surface area contributed by atoms with Gasteiger partial charge in [-0.15, -0.1) is 0 Å². The highest BCUT2D eigenvalue weighted by Gasteiger charge is 2.27. The van der Waals surface area contributed by atoms with Crippen LogP contribution in [0.2, 0.25) is 0 Å². The molecule has 1 aromatic carbocycles. The minimum atomic E-state index is -1.62. The molecular formula is C13H20N4O4. The Bertz CT molecular complexity index is 480. The molecule has 3 atom stereocenters. The van der Waals surface area contributed by atoms with E-state index in [9.17, 15) is 15.3 Å². The van der Waals surface area contributed by atoms with Crippen LogP contribution < -0.4 is 10.9 Å². The first-order valence-electron chi connectivity index (χ1n) is 6.26. The predicted octanol–water partition coefficient (Wildman–Crippen LogP) is -1.50. The molecule has 8 heteroatoms. The topological polar surface area (TPSA) is 135 Å². The summed E-state index contributed by atoms with van der Waals surface area (Å²) < 4.78 is 0. The van der Waals surface area contributed by atoms with Crippen molar-refractivity contribution in [1.29, 1.82) is 0 Å². The van der Waals surface area contributed by atoms with Gasteiger partial charge in [-0.3, -0.25) is 5.01 Å². The standard InChI is InChI=1S/C13H20N4O4/c1-17(9-5-3-2-4-6-9)15-7-10(16-14)12(20)13(21)11(19)8-18/h2-7,11-13,18-21H,8,14H2,1H3/b15-7-,16-10+/t11-,12-,13+/m0/s1. The van der Waals surface area contributed by atoms with Gasteiger partial charge in [0.1, 0.15) is 24.0 Å². The van der Waals surface area contributed by atoms with Crippen LogP contribution in [0, 0.1) is 0 Å². The van der Waals surface area contributed by atoms with Gasteiger partial charge in [-0.1, -0.05) is 18.2 Å². The molecule has 0 aliphatic rings. The molecule has 0 radical (unpaired) electrons. The molecule has 0 amide bonds. The molecule has 116 valence electrons. The van der Waals surface area contributed by atoms with Crippen molar-refractivity contribution in [2.45, 2.75) is 18.3 Å². The first-order valence-corrected chi connectivity index (χ1v) is 6.26. The summed E-state index contributed by atoms with van der Waals surface area (Å²) in [6.07, 6.45) is -3.52. The molecule has 0 bridgehead atoms. The quantitative estimate of drug-likeness (QED) is 0.236. The van der Waals surface area contributed by atoms with Gasteiger partial charge in [-0.25, -0.2) is 0 Å². The minimum absolute atomic E-state index is 0.127. The fraction of sp³-hybridized carbons (Fsp3) is 0.385. The normalized spacial score (nSPS) is 16.7. The lowest BCUT2D eigenvalue weighted by Crippen LogP contribution is -2.44. The predicted molar refractivity (Wildman–Crippen MR) is 80.1 cm³/mol. The van der Waals surface area contributed by atoms with Gasteiger partial charge in [-0.2, -0.15) is 10.2 Å². The Morgan fingerprint density at radius 1 is 1.29 bits per heavy atom. The van der Waals surface area contributed by atoms with E-state index in [-0.39, 0.29) is 5.71 Å². The van der Waals surface area contributed by atoms with Crippen molar-refractivity contribution in [2.24, 2.45) is 16.0 Å². The molecule has 0 saturated carbocycles. The van der Waals surface area contributed by atoms with E-state index in [0.29, 0.717) is 0 Å². The highest BCUT2D eigenvalue weighted by molar-refractivity contribution is 6.32. The molecule has 0 aliphatic carbocycles. The Kier molecular flexibility index (Phi) is 6.76. The maximum atomic E-state index is 9.82. The summed E-state index contributed by atoms with van der Waals surface area (Å²) in [5, 5.41) is 46.3. The Morgan fingerprint density at radius 2 is 1.90 bits per heavy atom. The second kappa shape index (κ2) is 8.32. The average Bonchev–Trinajstić information content (AvgIpc) is 2.54. The molecule has 0 aromatic heterocycles. The van der Waals surface area contributed by atoms with Gasteiger partial charge in [0, 0.05) is 7.05 Å². The number of anilines is 1. The number of nitrogens with zero attached hydrogens (tertiary/aromatic N) is 3. The zero-order valence-electron chi connectivity index (χ0n) is 11.6. The number of hydrogen-bond donors (Lipinski definition) is 5. The van der Waals surface area contributed by atoms with Gasteiger partial charge in [0.2, 0.25) is 0 Å². The first-order chi connectivity index (χ1) is 10.0. The number of para-hydroxylation sites is 1. The summed E-state index contributed by atoms with van der Waals surface area (Å²) in [6, 6.07) is 9.21. The van der Waals surface area contributed by atoms with Crippen LogP contribution >= 0.6 is 0 Å². The lowest BCUT2D eigenvalue weighted by atomic mass is 10.0. The van der Waals surface area contributed by atoms with E-state index in [1.165, 1.54) is 11.2 Å². The first kappa shape index (κ1) is 17.1. The van der Waals surface area contributed by atoms with Crippen molar-refractivity contribution < 1.29 is 20.4 Å². The molecule has 6 N–H and O–H groups in total. The van der Waals surface area contributed by atoms with E-state index >= 15 is 0 Å². The van der Waals surface area contributed by atoms with Crippen LogP contribution in [0.3, 0.4) is 0 Å². The Morgan fingerprint density at radius 3 is 2.43 bits per heavy atom. The number of benzene rings is 1. The van der Waals surface area contributed by atoms with Gasteiger partial charge >= 0.3 is 0 Å². The number of hydrazone groups is 2. The van der Waals surface area contributed by atoms with Gasteiger partial charge in [0.25, 0.3) is 0 Å². The number of hydrogen-bond acceptors (Lipinski definition) is 8. The largest absolute Gasteiger partial charge is 0.394 e. The summed E-state index contributed by atoms with van der Waals surface area (Å²) in [6.45, 7) is -0.697. The van der Waals surface area contributed by atoms with E-state index in [0.717, 1.165) is 5.69 Å². The van der Waals surface area contributed by atoms with Crippen molar-refractivity contribution in [1.82, 2.24) is 0 Å². The van der Waals surface area contributed by atoms with Crippen LogP contribution in [-0.2, 0) is 0 Å². The molecule has 0 fully saturated rings. The van der Waals surface area contributed by atoms with E-state index in [1.807, 2.05) is 30.3 Å². The highest BCUT2D eigenvalue weighted by Crippen LogP contribution is 2.10. The second-order valence-electron chi connectivity index (χ2n) is 4.34. The molecular weight excluding hydrogens is 276 g/mol. The van der Waals surface area contributed by atoms with Gasteiger partial charge in [-0.05, 0) is 12.1 Å². The molecule has 1 aromatic rings. The number of rotatable bonds is 7. The van der Waals surface area contributed by atoms with Crippen LogP contribution in [0.5, 0.6) is 0 Å². The van der Waals surface area contributed by atoms with Crippen molar-refractivity contribution >= 4 is 17.6 Å². The zero-order valence-corrected chi connectivity index (χ0v) is 11.6. The molecule has 0 spiro atoms. The SMILES string of the molecule is CN(/N=C\C(=N/N)[C@H](O)[C@H](O)[C@@H](O)CO)c1ccccc1. The van der Waals surface area contributed by atoms with Gasteiger partial charge < -0.3 is 26.3 Å². The molecule has 0 unspecified atom stereocenters. The maximum Gasteiger partial charge on any atom is 0.128 e. The van der Waals surface area contributed by atoms with Crippen LogP contribution in [0.4, 0.5) is 5.69 Å². The second-order valence-corrected chi connectivity index (χ2v) is 4.34. The van der Waals surface area contributed by atoms with Crippen LogP contribution in [0.25, 0.3) is 0 Å². The van der Waals surface area contributed by atoms with Crippen molar-refractivity contribution in [3.63, 3.8) is 0 Å². The summed E-state index contributed by atoms with van der Waals surface area (Å²) in [4.78, 5) is 0. The Labute approximate surface area is 122 Å². The van der Waals surface area contributed by atoms with E-state index in [1.54, 1.807) is 7.05 Å². The fourth-order valence-corrected chi connectivity index (χ4v) is 1.54. The van der Waals surface area contributed by atoms with E-state index in [4.69, 9.17) is 10.9 Å². The third kappa shape index (κ3) is 4.80. The smallest absolute Gasteiger partial charge is 0.128 e. The fourth-order valence-electron chi connectivity index (χ4n) is 1.54. The van der Waals surface area contributed by atoms with Crippen molar-refractivity contribution in [3.8, 4) is 0 Å². The van der Waals surface area contributed by atoms with Crippen molar-refractivity contribution in [2.75, 3.05) is 18.7 Å². The number of aliphatic hydroxyl groups excluding tert-OH is 4. The molecule has 8 nitrogen and oxygen atoms in total. The van der Waals surface area contributed by atoms with Crippen molar-refractivity contribution in [3.05, 3.63) is 30.3 Å². The van der Waals surface area contributed by atoms with Gasteiger partial charge in [0.05, 0.1) is 18.5 Å². The van der Waals surface area contributed by atoms with E-state index in [2.05, 4.69) is 10.2 Å². The Hall–Kier alpha value is -2.00. The maximum absolute atomic E-state index is 9.82. The minimum Gasteiger partial charge on any atom is -0.394 e.